The van der Waals surface area contributed by atoms with Crippen molar-refractivity contribution in [1.29, 1.82) is 0 Å². The number of aromatic nitrogens is 5. The lowest BCUT2D eigenvalue weighted by atomic mass is 9.93. The Balaban J connectivity index is 1.01. The van der Waals surface area contributed by atoms with E-state index in [1.807, 2.05) is 41.4 Å². The molecule has 2 aromatic carbocycles. The van der Waals surface area contributed by atoms with Gasteiger partial charge in [-0.25, -0.2) is 24.1 Å². The number of ketones is 1. The first-order valence-electron chi connectivity index (χ1n) is 16.6. The van der Waals surface area contributed by atoms with Crippen molar-refractivity contribution in [3.63, 3.8) is 0 Å². The monoisotopic (exact) mass is 650 g/mol. The van der Waals surface area contributed by atoms with Gasteiger partial charge in [-0.3, -0.25) is 9.69 Å². The lowest BCUT2D eigenvalue weighted by Crippen LogP contribution is -2.33. The van der Waals surface area contributed by atoms with E-state index in [9.17, 15) is 14.0 Å². The number of benzene rings is 2. The molecular formula is C37H39FN6O4. The molecule has 7 rings (SSSR count). The van der Waals surface area contributed by atoms with E-state index in [0.29, 0.717) is 35.7 Å². The summed E-state index contributed by atoms with van der Waals surface area (Å²) in [7, 11) is 1.39. The fourth-order valence-corrected chi connectivity index (χ4v) is 6.41. The van der Waals surface area contributed by atoms with Gasteiger partial charge in [0.15, 0.2) is 5.78 Å². The third kappa shape index (κ3) is 6.87. The highest BCUT2D eigenvalue weighted by Gasteiger charge is 2.31. The normalized spacial score (nSPS) is 15.6. The molecule has 1 saturated heterocycles. The van der Waals surface area contributed by atoms with Crippen LogP contribution in [0, 0.1) is 11.7 Å². The van der Waals surface area contributed by atoms with Gasteiger partial charge in [-0.05, 0) is 76.0 Å². The van der Waals surface area contributed by atoms with Gasteiger partial charge in [-0.15, -0.1) is 0 Å². The Labute approximate surface area is 278 Å². The highest BCUT2D eigenvalue weighted by molar-refractivity contribution is 5.99. The number of rotatable bonds is 12. The standard InChI is InChI=1S/C37H39FN6O4/c1-3-42-19-29(39-23-42)20-44-33-18-27(37(46)47-2)11-12-32(33)40-34(44)21-43-15-13-24(14-16-43)31-5-4-6-35(41-31)48-22-28-10-9-26(17-30(28)38)36(45)25-7-8-25/h4-6,9-12,17-19,23-25H,3,7-8,13-16,20-22H2,1-2H3. The zero-order valence-corrected chi connectivity index (χ0v) is 27.3. The largest absolute Gasteiger partial charge is 0.473 e. The Morgan fingerprint density at radius 1 is 0.958 bits per heavy atom. The van der Waals surface area contributed by atoms with Crippen molar-refractivity contribution >= 4 is 22.8 Å². The third-order valence-corrected chi connectivity index (χ3v) is 9.40. The van der Waals surface area contributed by atoms with Crippen molar-refractivity contribution in [3.8, 4) is 5.88 Å². The summed E-state index contributed by atoms with van der Waals surface area (Å²) in [6.45, 7) is 5.91. The topological polar surface area (TPSA) is 104 Å². The summed E-state index contributed by atoms with van der Waals surface area (Å²) in [4.78, 5) is 41.4. The number of likely N-dealkylation sites (tertiary alicyclic amines) is 1. The average Bonchev–Trinajstić information content (AvgIpc) is 3.78. The van der Waals surface area contributed by atoms with Crippen LogP contribution in [0.3, 0.4) is 0 Å². The van der Waals surface area contributed by atoms with Crippen molar-refractivity contribution in [2.24, 2.45) is 5.92 Å². The van der Waals surface area contributed by atoms with Gasteiger partial charge in [-0.1, -0.05) is 18.2 Å². The minimum atomic E-state index is -0.432. The first kappa shape index (κ1) is 31.7. The molecule has 0 N–H and O–H groups in total. The van der Waals surface area contributed by atoms with Crippen LogP contribution in [0.1, 0.15) is 82.0 Å². The van der Waals surface area contributed by atoms with Crippen LogP contribution in [-0.4, -0.2) is 60.9 Å². The highest BCUT2D eigenvalue weighted by atomic mass is 19.1. The van der Waals surface area contributed by atoms with Gasteiger partial charge in [0.2, 0.25) is 5.88 Å². The van der Waals surface area contributed by atoms with Crippen LogP contribution in [0.15, 0.2) is 67.1 Å². The number of aryl methyl sites for hydroxylation is 1. The quantitative estimate of drug-likeness (QED) is 0.117. The molecule has 0 amide bonds. The molecule has 248 valence electrons. The number of imidazole rings is 2. The Morgan fingerprint density at radius 2 is 1.77 bits per heavy atom. The van der Waals surface area contributed by atoms with Crippen LogP contribution >= 0.6 is 0 Å². The predicted molar refractivity (Wildman–Crippen MR) is 177 cm³/mol. The second kappa shape index (κ2) is 13.7. The van der Waals surface area contributed by atoms with E-state index in [0.717, 1.165) is 73.6 Å². The van der Waals surface area contributed by atoms with Gasteiger partial charge in [-0.2, -0.15) is 0 Å². The number of Topliss-reactive ketones (excluding diaryl/α,β-unsaturated/α-hetero) is 1. The number of hydrogen-bond acceptors (Lipinski definition) is 8. The summed E-state index contributed by atoms with van der Waals surface area (Å²) in [5.41, 5.74) is 4.90. The smallest absolute Gasteiger partial charge is 0.337 e. The molecule has 5 aromatic rings. The minimum Gasteiger partial charge on any atom is -0.473 e. The molecular weight excluding hydrogens is 611 g/mol. The van der Waals surface area contributed by atoms with Crippen LogP contribution < -0.4 is 4.74 Å². The Kier molecular flexibility index (Phi) is 9.03. The number of halogens is 1. The van der Waals surface area contributed by atoms with E-state index in [4.69, 9.17) is 19.4 Å². The SMILES string of the molecule is CCn1cnc(Cn2c(CN3CCC(c4cccc(OCc5ccc(C(=O)C6CC6)cc5F)n4)CC3)nc3ccc(C(=O)OC)cc32)c1. The summed E-state index contributed by atoms with van der Waals surface area (Å²) in [5, 5.41) is 0. The first-order chi connectivity index (χ1) is 23.4. The van der Waals surface area contributed by atoms with Gasteiger partial charge in [0.1, 0.15) is 18.2 Å². The highest BCUT2D eigenvalue weighted by Crippen LogP contribution is 2.33. The number of piperidine rings is 1. The predicted octanol–water partition coefficient (Wildman–Crippen LogP) is 6.17. The van der Waals surface area contributed by atoms with Crippen molar-refractivity contribution in [3.05, 3.63) is 107 Å². The van der Waals surface area contributed by atoms with Crippen molar-refractivity contribution in [1.82, 2.24) is 29.0 Å². The van der Waals surface area contributed by atoms with Crippen molar-refractivity contribution in [2.45, 2.75) is 64.8 Å². The molecule has 0 atom stereocenters. The van der Waals surface area contributed by atoms with E-state index in [2.05, 4.69) is 21.4 Å². The molecule has 4 heterocycles. The number of carbonyl (C=O) groups is 2. The van der Waals surface area contributed by atoms with Crippen LogP contribution in [0.2, 0.25) is 0 Å². The molecule has 3 aromatic heterocycles. The number of esters is 1. The lowest BCUT2D eigenvalue weighted by molar-refractivity contribution is 0.0600. The molecule has 2 aliphatic rings. The van der Waals surface area contributed by atoms with Gasteiger partial charge in [0.25, 0.3) is 0 Å². The van der Waals surface area contributed by atoms with Crippen molar-refractivity contribution in [2.75, 3.05) is 20.2 Å². The zero-order valence-electron chi connectivity index (χ0n) is 27.3. The molecule has 0 radical (unpaired) electrons. The summed E-state index contributed by atoms with van der Waals surface area (Å²) >= 11 is 0. The number of ether oxygens (including phenoxy) is 2. The molecule has 0 unspecified atom stereocenters. The molecule has 1 aliphatic heterocycles. The average molecular weight is 651 g/mol. The molecule has 48 heavy (non-hydrogen) atoms. The first-order valence-corrected chi connectivity index (χ1v) is 16.6. The van der Waals surface area contributed by atoms with Gasteiger partial charge < -0.3 is 18.6 Å². The molecule has 10 nitrogen and oxygen atoms in total. The Morgan fingerprint density at radius 3 is 2.50 bits per heavy atom. The van der Waals surface area contributed by atoms with Gasteiger partial charge in [0.05, 0.1) is 48.8 Å². The molecule has 2 fully saturated rings. The minimum absolute atomic E-state index is 0.0228. The fourth-order valence-electron chi connectivity index (χ4n) is 6.41. The van der Waals surface area contributed by atoms with Crippen LogP contribution in [0.4, 0.5) is 4.39 Å². The molecule has 11 heteroatoms. The van der Waals surface area contributed by atoms with E-state index in [1.165, 1.54) is 13.2 Å². The number of nitrogens with zero attached hydrogens (tertiary/aromatic N) is 6. The zero-order chi connectivity index (χ0) is 33.2. The van der Waals surface area contributed by atoms with E-state index < -0.39 is 5.82 Å². The van der Waals surface area contributed by atoms with E-state index >= 15 is 0 Å². The fraction of sp³-hybridized carbons (Fsp3) is 0.378. The maximum absolute atomic E-state index is 14.7. The van der Waals surface area contributed by atoms with E-state index in [1.54, 1.807) is 24.3 Å². The third-order valence-electron chi connectivity index (χ3n) is 9.40. The summed E-state index contributed by atoms with van der Waals surface area (Å²) in [6, 6.07) is 15.9. The number of carbonyl (C=O) groups excluding carboxylic acids is 2. The van der Waals surface area contributed by atoms with Gasteiger partial charge in [0, 0.05) is 47.5 Å². The number of hydrogen-bond donors (Lipinski definition) is 0. The summed E-state index contributed by atoms with van der Waals surface area (Å²) in [5.74, 6) is 0.911. The van der Waals surface area contributed by atoms with Crippen LogP contribution in [0.5, 0.6) is 5.88 Å². The Hall–Kier alpha value is -4.90. The molecule has 1 saturated carbocycles. The van der Waals surface area contributed by atoms with Gasteiger partial charge >= 0.3 is 5.97 Å². The second-order valence-corrected chi connectivity index (χ2v) is 12.7. The maximum atomic E-state index is 14.7. The molecule has 0 spiro atoms. The van der Waals surface area contributed by atoms with Crippen molar-refractivity contribution < 1.29 is 23.5 Å². The lowest BCUT2D eigenvalue weighted by Gasteiger charge is -2.31. The van der Waals surface area contributed by atoms with Crippen LogP contribution in [0.25, 0.3) is 11.0 Å². The second-order valence-electron chi connectivity index (χ2n) is 12.7. The number of fused-ring (bicyclic) bond motifs is 1. The molecule has 0 bridgehead atoms. The Bertz CT molecular complexity index is 1960. The maximum Gasteiger partial charge on any atom is 0.337 e. The molecule has 1 aliphatic carbocycles. The van der Waals surface area contributed by atoms with Crippen LogP contribution in [-0.2, 0) is 31.0 Å². The number of pyridine rings is 1. The van der Waals surface area contributed by atoms with E-state index in [-0.39, 0.29) is 30.2 Å². The number of methoxy groups -OCH3 is 1. The summed E-state index contributed by atoms with van der Waals surface area (Å²) < 4.78 is 29.8. The summed E-state index contributed by atoms with van der Waals surface area (Å²) in [6.07, 6.45) is 7.51.